The van der Waals surface area contributed by atoms with Crippen molar-refractivity contribution in [3.63, 3.8) is 0 Å². The number of unbranched alkanes of at least 4 members (excludes halogenated alkanes) is 1. The van der Waals surface area contributed by atoms with Crippen molar-refractivity contribution in [2.45, 2.75) is 66.7 Å². The van der Waals surface area contributed by atoms with Gasteiger partial charge >= 0.3 is 0 Å². The van der Waals surface area contributed by atoms with Gasteiger partial charge in [-0.1, -0.05) is 12.2 Å². The number of primary amides is 2. The molecule has 0 radical (unpaired) electrons. The highest BCUT2D eigenvalue weighted by atomic mass is 16.5. The first-order valence-electron chi connectivity index (χ1n) is 19.0. The number of aryl methyl sites for hydroxylation is 4. The highest BCUT2D eigenvalue weighted by Gasteiger charge is 2.23. The first-order valence-corrected chi connectivity index (χ1v) is 19.0. The molecule has 0 bridgehead atoms. The molecule has 310 valence electrons. The SMILES string of the molecule is CCn1nc(C)cc1C(=O)Nc1nc2cc(C(N)=O)cc(OC)c2n1C/C=C/Cn1c(NC(=O)c2cc(C)nn2CC)nc2cc(C(N)=O)cc(OCCCCNN)c21. The Morgan fingerprint density at radius 1 is 0.712 bits per heavy atom. The lowest BCUT2D eigenvalue weighted by Gasteiger charge is -2.13. The fraction of sp³-hybridized carbons (Fsp3) is 0.333. The molecule has 0 aliphatic rings. The van der Waals surface area contributed by atoms with E-state index in [0.29, 0.717) is 89.0 Å². The predicted molar refractivity (Wildman–Crippen MR) is 220 cm³/mol. The van der Waals surface area contributed by atoms with Gasteiger partial charge in [0.15, 0.2) is 0 Å². The molecule has 0 atom stereocenters. The minimum atomic E-state index is -0.672. The number of allylic oxidation sites excluding steroid dienone is 2. The molecule has 20 heteroatoms. The van der Waals surface area contributed by atoms with E-state index in [2.05, 4.69) is 31.2 Å². The zero-order valence-electron chi connectivity index (χ0n) is 33.5. The van der Waals surface area contributed by atoms with E-state index in [1.54, 1.807) is 56.6 Å². The number of amides is 4. The summed E-state index contributed by atoms with van der Waals surface area (Å²) in [5.74, 6) is 4.24. The molecule has 20 nitrogen and oxygen atoms in total. The molecule has 0 spiro atoms. The number of anilines is 2. The number of hydrogen-bond acceptors (Lipinski definition) is 12. The van der Waals surface area contributed by atoms with Crippen molar-refractivity contribution in [2.24, 2.45) is 17.3 Å². The lowest BCUT2D eigenvalue weighted by atomic mass is 10.1. The van der Waals surface area contributed by atoms with E-state index in [9.17, 15) is 19.2 Å². The number of nitrogens with zero attached hydrogens (tertiary/aromatic N) is 8. The number of benzene rings is 2. The Morgan fingerprint density at radius 2 is 1.19 bits per heavy atom. The number of hydrazine groups is 1. The molecule has 0 saturated carbocycles. The number of fused-ring (bicyclic) bond motifs is 2. The summed E-state index contributed by atoms with van der Waals surface area (Å²) in [4.78, 5) is 61.4. The Hall–Kier alpha value is -7.06. The maximum Gasteiger partial charge on any atom is 0.276 e. The highest BCUT2D eigenvalue weighted by molar-refractivity contribution is 6.05. The van der Waals surface area contributed by atoms with Crippen molar-refractivity contribution in [3.8, 4) is 11.5 Å². The van der Waals surface area contributed by atoms with Crippen LogP contribution < -0.4 is 42.8 Å². The quantitative estimate of drug-likeness (QED) is 0.0298. The summed E-state index contributed by atoms with van der Waals surface area (Å²) < 4.78 is 18.6. The number of imidazole rings is 2. The van der Waals surface area contributed by atoms with Crippen molar-refractivity contribution >= 4 is 57.6 Å². The Kier molecular flexibility index (Phi) is 12.7. The van der Waals surface area contributed by atoms with E-state index in [-0.39, 0.29) is 36.1 Å². The van der Waals surface area contributed by atoms with Crippen LogP contribution >= 0.6 is 0 Å². The van der Waals surface area contributed by atoms with Gasteiger partial charge in [-0.3, -0.25) is 50.4 Å². The van der Waals surface area contributed by atoms with Gasteiger partial charge in [-0.2, -0.15) is 10.2 Å². The molecule has 0 aliphatic heterocycles. The second kappa shape index (κ2) is 18.0. The van der Waals surface area contributed by atoms with Crippen LogP contribution in [0, 0.1) is 13.8 Å². The van der Waals surface area contributed by atoms with E-state index in [4.69, 9.17) is 31.8 Å². The topological polar surface area (TPSA) is 272 Å². The molecule has 4 amide bonds. The van der Waals surface area contributed by atoms with Crippen LogP contribution in [0.3, 0.4) is 0 Å². The Balaban J connectivity index is 1.40. The highest BCUT2D eigenvalue weighted by Crippen LogP contribution is 2.33. The average molecular weight is 809 g/mol. The monoisotopic (exact) mass is 808 g/mol. The summed E-state index contributed by atoms with van der Waals surface area (Å²) >= 11 is 0. The molecule has 0 unspecified atom stereocenters. The van der Waals surface area contributed by atoms with Crippen molar-refractivity contribution in [3.05, 3.63) is 82.5 Å². The first-order chi connectivity index (χ1) is 28.4. The summed E-state index contributed by atoms with van der Waals surface area (Å²) in [7, 11) is 1.46. The molecule has 4 heterocycles. The van der Waals surface area contributed by atoms with Crippen LogP contribution in [0.15, 0.2) is 48.6 Å². The van der Waals surface area contributed by atoms with Gasteiger partial charge in [-0.25, -0.2) is 9.97 Å². The fourth-order valence-electron chi connectivity index (χ4n) is 6.70. The standard InChI is InChI=1S/C39H48N14O6/c1-6-52-28(16-22(3)48-52)36(56)46-38-44-26-18-24(34(40)54)20-30(58-5)32(26)50(38)13-9-10-14-51-33-27(19-25(35(41)55)21-31(33)59-15-11-8-12-43-42)45-39(51)47-37(57)29-17-23(4)49-53(29)7-2/h9-10,16-21,43H,6-8,11-15,42H2,1-5H3,(H2,40,54)(H2,41,55)(H,44,46,56)(H,45,47,57)/b10-9+. The normalized spacial score (nSPS) is 11.5. The van der Waals surface area contributed by atoms with Crippen LogP contribution in [-0.2, 0) is 26.2 Å². The lowest BCUT2D eigenvalue weighted by molar-refractivity contribution is 0.0991. The van der Waals surface area contributed by atoms with Crippen molar-refractivity contribution in [2.75, 3.05) is 30.9 Å². The van der Waals surface area contributed by atoms with Crippen LogP contribution in [0.4, 0.5) is 11.9 Å². The van der Waals surface area contributed by atoms with Crippen LogP contribution in [0.2, 0.25) is 0 Å². The largest absolute Gasteiger partial charge is 0.494 e. The number of nitrogens with one attached hydrogen (secondary N) is 3. The molecule has 0 aliphatic carbocycles. The number of rotatable bonds is 19. The smallest absolute Gasteiger partial charge is 0.276 e. The third-order valence-electron chi connectivity index (χ3n) is 9.44. The molecule has 4 aromatic heterocycles. The van der Waals surface area contributed by atoms with Crippen LogP contribution in [0.25, 0.3) is 22.1 Å². The Bertz CT molecular complexity index is 2580. The number of carbonyl (C=O) groups is 4. The minimum absolute atomic E-state index is 0.161. The van der Waals surface area contributed by atoms with E-state index in [0.717, 1.165) is 6.42 Å². The zero-order chi connectivity index (χ0) is 42.4. The van der Waals surface area contributed by atoms with Gasteiger partial charge in [0.2, 0.25) is 23.7 Å². The van der Waals surface area contributed by atoms with Crippen LogP contribution in [0.5, 0.6) is 11.5 Å². The molecule has 6 rings (SSSR count). The number of aromatic nitrogens is 8. The molecule has 6 aromatic rings. The van der Waals surface area contributed by atoms with E-state index in [1.165, 1.54) is 19.2 Å². The molecule has 9 N–H and O–H groups in total. The number of methoxy groups -OCH3 is 1. The van der Waals surface area contributed by atoms with Gasteiger partial charge in [-0.05, 0) is 76.9 Å². The Labute approximate surface area is 338 Å². The summed E-state index contributed by atoms with van der Waals surface area (Å²) in [5.41, 5.74) is 18.1. The van der Waals surface area contributed by atoms with Crippen molar-refractivity contribution < 1.29 is 28.7 Å². The van der Waals surface area contributed by atoms with Gasteiger partial charge in [0.1, 0.15) is 33.9 Å². The van der Waals surface area contributed by atoms with E-state index >= 15 is 0 Å². The molecule has 2 aromatic carbocycles. The van der Waals surface area contributed by atoms with Gasteiger partial charge in [0.05, 0.1) is 36.1 Å². The molecular formula is C39H48N14O6. The fourth-order valence-corrected chi connectivity index (χ4v) is 6.70. The average Bonchev–Trinajstić information content (AvgIpc) is 3.97. The second-order valence-electron chi connectivity index (χ2n) is 13.6. The number of ether oxygens (including phenoxy) is 2. The zero-order valence-corrected chi connectivity index (χ0v) is 33.5. The maximum absolute atomic E-state index is 13.7. The molecule has 0 fully saturated rings. The van der Waals surface area contributed by atoms with Crippen molar-refractivity contribution in [1.29, 1.82) is 0 Å². The number of nitrogens with two attached hydrogens (primary N) is 3. The summed E-state index contributed by atoms with van der Waals surface area (Å²) in [6.45, 7) is 9.53. The van der Waals surface area contributed by atoms with Crippen LogP contribution in [0.1, 0.15) is 79.8 Å². The minimum Gasteiger partial charge on any atom is -0.494 e. The van der Waals surface area contributed by atoms with E-state index in [1.807, 2.05) is 26.0 Å². The predicted octanol–water partition coefficient (Wildman–Crippen LogP) is 3.03. The molecule has 59 heavy (non-hydrogen) atoms. The van der Waals surface area contributed by atoms with Crippen LogP contribution in [-0.4, -0.2) is 82.6 Å². The number of carbonyl (C=O) groups excluding carboxylic acids is 4. The van der Waals surface area contributed by atoms with Crippen molar-refractivity contribution in [1.82, 2.24) is 44.1 Å². The maximum atomic E-state index is 13.7. The number of hydrogen-bond donors (Lipinski definition) is 6. The molecule has 0 saturated heterocycles. The molecular weight excluding hydrogens is 761 g/mol. The lowest BCUT2D eigenvalue weighted by Crippen LogP contribution is -2.23. The van der Waals surface area contributed by atoms with Gasteiger partial charge in [0, 0.05) is 43.9 Å². The third-order valence-corrected chi connectivity index (χ3v) is 9.44. The third kappa shape index (κ3) is 8.92. The first kappa shape index (κ1) is 41.6. The van der Waals surface area contributed by atoms with Gasteiger partial charge in [0.25, 0.3) is 11.8 Å². The second-order valence-corrected chi connectivity index (χ2v) is 13.6. The Morgan fingerprint density at radius 3 is 1.63 bits per heavy atom. The summed E-state index contributed by atoms with van der Waals surface area (Å²) in [6.07, 6.45) is 5.08. The summed E-state index contributed by atoms with van der Waals surface area (Å²) in [5, 5.41) is 14.6. The van der Waals surface area contributed by atoms with Gasteiger partial charge < -0.3 is 30.1 Å². The van der Waals surface area contributed by atoms with Gasteiger partial charge in [-0.15, -0.1) is 0 Å². The van der Waals surface area contributed by atoms with E-state index < -0.39 is 23.6 Å². The summed E-state index contributed by atoms with van der Waals surface area (Å²) in [6, 6.07) is 9.52.